The third kappa shape index (κ3) is 6.05. The van der Waals surface area contributed by atoms with Crippen molar-refractivity contribution in [3.63, 3.8) is 0 Å². The van der Waals surface area contributed by atoms with Gasteiger partial charge in [-0.1, -0.05) is 12.1 Å². The third-order valence-electron chi connectivity index (χ3n) is 4.01. The van der Waals surface area contributed by atoms with E-state index in [1.54, 1.807) is 47.7 Å². The van der Waals surface area contributed by atoms with Gasteiger partial charge >= 0.3 is 6.09 Å². The second kappa shape index (κ2) is 9.70. The molecule has 29 heavy (non-hydrogen) atoms. The van der Waals surface area contributed by atoms with Crippen LogP contribution in [0.2, 0.25) is 0 Å². The molecular formula is C21H21N3O4S. The van der Waals surface area contributed by atoms with Crippen LogP contribution in [-0.4, -0.2) is 24.1 Å². The van der Waals surface area contributed by atoms with Crippen LogP contribution in [0.5, 0.6) is 5.75 Å². The van der Waals surface area contributed by atoms with Crippen LogP contribution in [0.4, 0.5) is 10.5 Å². The van der Waals surface area contributed by atoms with Crippen molar-refractivity contribution >= 4 is 29.0 Å². The van der Waals surface area contributed by atoms with Gasteiger partial charge in [0.05, 0.1) is 17.8 Å². The zero-order valence-electron chi connectivity index (χ0n) is 16.1. The highest BCUT2D eigenvalue weighted by Gasteiger charge is 2.07. The average molecular weight is 411 g/mol. The Morgan fingerprint density at radius 1 is 1.07 bits per heavy atom. The smallest absolute Gasteiger partial charge is 0.411 e. The van der Waals surface area contributed by atoms with Gasteiger partial charge in [0.25, 0.3) is 5.91 Å². The zero-order valence-corrected chi connectivity index (χ0v) is 16.9. The lowest BCUT2D eigenvalue weighted by atomic mass is 10.1. The van der Waals surface area contributed by atoms with Crippen molar-refractivity contribution < 1.29 is 19.1 Å². The molecule has 0 atom stereocenters. The van der Waals surface area contributed by atoms with Gasteiger partial charge in [-0.05, 0) is 48.9 Å². The molecule has 3 aromatic rings. The topological polar surface area (TPSA) is 89.6 Å². The number of nitrogens with zero attached hydrogens (tertiary/aromatic N) is 1. The van der Waals surface area contributed by atoms with Crippen LogP contribution in [0.3, 0.4) is 0 Å². The Bertz CT molecular complexity index is 968. The minimum absolute atomic E-state index is 0.177. The van der Waals surface area contributed by atoms with Gasteiger partial charge in [0.15, 0.2) is 0 Å². The highest BCUT2D eigenvalue weighted by molar-refractivity contribution is 7.09. The van der Waals surface area contributed by atoms with E-state index >= 15 is 0 Å². The summed E-state index contributed by atoms with van der Waals surface area (Å²) in [5.41, 5.74) is 2.97. The second-order valence-electron chi connectivity index (χ2n) is 6.17. The van der Waals surface area contributed by atoms with Crippen LogP contribution in [0.25, 0.3) is 0 Å². The Morgan fingerprint density at radius 2 is 1.79 bits per heavy atom. The van der Waals surface area contributed by atoms with Crippen molar-refractivity contribution in [1.29, 1.82) is 0 Å². The number of ether oxygens (including phenoxy) is 2. The molecule has 0 unspecified atom stereocenters. The number of amides is 2. The number of carbonyl (C=O) groups excluding carboxylic acids is 2. The molecule has 150 valence electrons. The molecule has 0 radical (unpaired) electrons. The van der Waals surface area contributed by atoms with Gasteiger partial charge in [-0.25, -0.2) is 9.78 Å². The van der Waals surface area contributed by atoms with Gasteiger partial charge in [0.1, 0.15) is 12.4 Å². The predicted octanol–water partition coefficient (Wildman–Crippen LogP) is 4.14. The lowest BCUT2D eigenvalue weighted by Gasteiger charge is -2.08. The molecule has 2 amide bonds. The van der Waals surface area contributed by atoms with E-state index in [-0.39, 0.29) is 5.91 Å². The number of rotatable bonds is 7. The van der Waals surface area contributed by atoms with Crippen LogP contribution in [0.1, 0.15) is 26.6 Å². The molecule has 7 nitrogen and oxygen atoms in total. The van der Waals surface area contributed by atoms with E-state index in [0.717, 1.165) is 16.3 Å². The molecule has 0 aliphatic carbocycles. The van der Waals surface area contributed by atoms with Gasteiger partial charge < -0.3 is 14.8 Å². The van der Waals surface area contributed by atoms with Gasteiger partial charge in [-0.15, -0.1) is 11.3 Å². The fourth-order valence-corrected chi connectivity index (χ4v) is 3.09. The maximum atomic E-state index is 12.3. The molecule has 1 heterocycles. The van der Waals surface area contributed by atoms with Crippen LogP contribution in [0.15, 0.2) is 53.9 Å². The maximum absolute atomic E-state index is 12.3. The number of aromatic nitrogens is 1. The largest absolute Gasteiger partial charge is 0.487 e. The number of nitrogens with one attached hydrogen (secondary N) is 2. The van der Waals surface area contributed by atoms with Crippen molar-refractivity contribution in [2.45, 2.75) is 20.1 Å². The number of hydrogen-bond donors (Lipinski definition) is 2. The Morgan fingerprint density at radius 3 is 2.41 bits per heavy atom. The molecular weight excluding hydrogens is 390 g/mol. The number of thiazole rings is 1. The van der Waals surface area contributed by atoms with Crippen LogP contribution in [-0.2, 0) is 17.9 Å². The maximum Gasteiger partial charge on any atom is 0.411 e. The number of aryl methyl sites for hydroxylation is 1. The third-order valence-corrected chi connectivity index (χ3v) is 4.83. The number of anilines is 1. The van der Waals surface area contributed by atoms with E-state index in [1.807, 2.05) is 24.4 Å². The molecule has 0 spiro atoms. The van der Waals surface area contributed by atoms with Crippen LogP contribution >= 0.6 is 11.3 Å². The zero-order chi connectivity index (χ0) is 20.6. The lowest BCUT2D eigenvalue weighted by Crippen LogP contribution is -2.22. The first-order valence-corrected chi connectivity index (χ1v) is 9.77. The fourth-order valence-electron chi connectivity index (χ4n) is 2.49. The number of methoxy groups -OCH3 is 1. The molecule has 0 saturated carbocycles. The molecule has 2 aromatic carbocycles. The highest BCUT2D eigenvalue weighted by atomic mass is 32.1. The van der Waals surface area contributed by atoms with Crippen molar-refractivity contribution in [1.82, 2.24) is 10.3 Å². The first-order valence-electron chi connectivity index (χ1n) is 8.89. The quantitative estimate of drug-likeness (QED) is 0.610. The molecule has 0 saturated heterocycles. The van der Waals surface area contributed by atoms with Crippen LogP contribution < -0.4 is 15.4 Å². The molecule has 0 fully saturated rings. The highest BCUT2D eigenvalue weighted by Crippen LogP contribution is 2.16. The first-order chi connectivity index (χ1) is 14.0. The summed E-state index contributed by atoms with van der Waals surface area (Å²) in [5, 5.41) is 8.41. The van der Waals surface area contributed by atoms with Crippen LogP contribution in [0, 0.1) is 6.92 Å². The number of hydrogen-bond acceptors (Lipinski definition) is 6. The van der Waals surface area contributed by atoms with E-state index in [4.69, 9.17) is 4.74 Å². The van der Waals surface area contributed by atoms with E-state index in [2.05, 4.69) is 20.4 Å². The fraction of sp³-hybridized carbons (Fsp3) is 0.190. The molecule has 0 aliphatic heterocycles. The molecule has 3 rings (SSSR count). The summed E-state index contributed by atoms with van der Waals surface area (Å²) in [7, 11) is 1.31. The molecule has 2 N–H and O–H groups in total. The summed E-state index contributed by atoms with van der Waals surface area (Å²) in [6, 6.07) is 14.1. The second-order valence-corrected chi connectivity index (χ2v) is 7.23. The summed E-state index contributed by atoms with van der Waals surface area (Å²) in [6.45, 7) is 2.73. The SMILES string of the molecule is COC(=O)Nc1ccc(CNC(=O)c2ccc(OCc3csc(C)n3)cc2)cc1. The summed E-state index contributed by atoms with van der Waals surface area (Å²) >= 11 is 1.59. The standard InChI is InChI=1S/C21H21N3O4S/c1-14-23-18(13-29-14)12-28-19-9-5-16(6-10-19)20(25)22-11-15-3-7-17(8-4-15)24-21(26)27-2/h3-10,13H,11-12H2,1-2H3,(H,22,25)(H,24,26). The Labute approximate surface area is 172 Å². The van der Waals surface area contributed by atoms with Gasteiger partial charge in [0.2, 0.25) is 0 Å². The summed E-state index contributed by atoms with van der Waals surface area (Å²) in [4.78, 5) is 27.9. The molecule has 8 heteroatoms. The minimum atomic E-state index is -0.528. The first kappa shape index (κ1) is 20.3. The summed E-state index contributed by atoms with van der Waals surface area (Å²) < 4.78 is 10.2. The summed E-state index contributed by atoms with van der Waals surface area (Å²) in [6.07, 6.45) is -0.528. The van der Waals surface area contributed by atoms with E-state index in [1.165, 1.54) is 7.11 Å². The minimum Gasteiger partial charge on any atom is -0.487 e. The van der Waals surface area contributed by atoms with Crippen molar-refractivity contribution in [2.75, 3.05) is 12.4 Å². The molecule has 0 aliphatic rings. The number of benzene rings is 2. The lowest BCUT2D eigenvalue weighted by molar-refractivity contribution is 0.0951. The van der Waals surface area contributed by atoms with Gasteiger partial charge in [-0.3, -0.25) is 10.1 Å². The van der Waals surface area contributed by atoms with E-state index in [0.29, 0.717) is 30.2 Å². The Kier molecular flexibility index (Phi) is 6.80. The van der Waals surface area contributed by atoms with Gasteiger partial charge in [-0.2, -0.15) is 0 Å². The molecule has 0 bridgehead atoms. The Hall–Kier alpha value is -3.39. The van der Waals surface area contributed by atoms with Crippen molar-refractivity contribution in [3.05, 3.63) is 75.7 Å². The van der Waals surface area contributed by atoms with Crippen molar-refractivity contribution in [3.8, 4) is 5.75 Å². The Balaban J connectivity index is 1.48. The van der Waals surface area contributed by atoms with Crippen molar-refractivity contribution in [2.24, 2.45) is 0 Å². The monoisotopic (exact) mass is 411 g/mol. The van der Waals surface area contributed by atoms with E-state index in [9.17, 15) is 9.59 Å². The predicted molar refractivity (Wildman–Crippen MR) is 111 cm³/mol. The number of carbonyl (C=O) groups is 2. The molecule has 1 aromatic heterocycles. The normalized spacial score (nSPS) is 10.3. The van der Waals surface area contributed by atoms with E-state index < -0.39 is 6.09 Å². The van der Waals surface area contributed by atoms with Gasteiger partial charge in [0, 0.05) is 23.2 Å². The average Bonchev–Trinajstić information content (AvgIpc) is 3.17. The summed E-state index contributed by atoms with van der Waals surface area (Å²) in [5.74, 6) is 0.504.